The van der Waals surface area contributed by atoms with Crippen molar-refractivity contribution in [2.45, 2.75) is 38.5 Å². The number of anilines is 4. The van der Waals surface area contributed by atoms with Gasteiger partial charge >= 0.3 is 5.97 Å². The summed E-state index contributed by atoms with van der Waals surface area (Å²) < 4.78 is 15.4. The fourth-order valence-electron chi connectivity index (χ4n) is 8.57. The molecule has 0 bridgehead atoms. The number of likely N-dealkylation sites (tertiary alicyclic amines) is 1. The number of aryl methyl sites for hydroxylation is 2. The van der Waals surface area contributed by atoms with Crippen molar-refractivity contribution in [3.63, 3.8) is 0 Å². The molecule has 1 spiro atoms. The highest BCUT2D eigenvalue weighted by molar-refractivity contribution is 7.19. The van der Waals surface area contributed by atoms with Crippen molar-refractivity contribution >= 4 is 121 Å². The molecule has 8 aromatic rings. The molecule has 4 aliphatic rings. The second-order valence-corrected chi connectivity index (χ2v) is 19.1. The molecule has 19 heteroatoms. The third kappa shape index (κ3) is 6.31. The first-order chi connectivity index (χ1) is 28.4. The fourth-order valence-corrected chi connectivity index (χ4v) is 12.3. The first-order valence-corrected chi connectivity index (χ1v) is 22.1. The predicted molar refractivity (Wildman–Crippen MR) is 225 cm³/mol. The molecule has 58 heavy (non-hydrogen) atoms. The fraction of sp³-hybridized carbons (Fsp3) is 0.333. The number of carbonyl (C=O) groups is 2. The van der Waals surface area contributed by atoms with E-state index in [4.69, 9.17) is 4.74 Å². The van der Waals surface area contributed by atoms with E-state index in [0.29, 0.717) is 18.7 Å². The standard InChI is InChI=1S/C22H20N6O2S2.C17H13N5O2S2/c29-21(28-7-22(8-28)9-30-10-22)12-1-3-14-16(5-12)31-20-18(14)19(23-11-24-20)25-13-2-4-15-17(6-13)32-27-26-15;23-17(24)8-1-3-10-12(5-8)25-16-14(10)15(18-7-19-16)20-9-2-4-11-13(6-9)26-22-21-11/h2,4,6,11-12H,1,3,5,7-10H2,(H,23,24,25);2,4,6-8H,1,3,5H2,(H,23,24)(H,18,19,20)/t12-;8-/m00/s1. The third-order valence-corrected chi connectivity index (χ3v) is 15.3. The molecule has 15 nitrogen and oxygen atoms in total. The van der Waals surface area contributed by atoms with E-state index < -0.39 is 5.97 Å². The number of hydrogen-bond donors (Lipinski definition) is 3. The van der Waals surface area contributed by atoms with Crippen LogP contribution in [0.5, 0.6) is 0 Å². The summed E-state index contributed by atoms with van der Waals surface area (Å²) in [5.41, 5.74) is 6.40. The zero-order valence-corrected chi connectivity index (χ0v) is 33.9. The number of ether oxygens (including phenoxy) is 1. The first-order valence-electron chi connectivity index (χ1n) is 18.9. The van der Waals surface area contributed by atoms with Crippen LogP contribution in [0.2, 0.25) is 0 Å². The highest BCUT2D eigenvalue weighted by Crippen LogP contribution is 2.44. The quantitative estimate of drug-likeness (QED) is 0.154. The highest BCUT2D eigenvalue weighted by atomic mass is 32.1. The summed E-state index contributed by atoms with van der Waals surface area (Å²) >= 11 is 6.02. The maximum absolute atomic E-state index is 13.1. The lowest BCUT2D eigenvalue weighted by molar-refractivity contribution is -0.197. The number of carbonyl (C=O) groups excluding carboxylic acids is 1. The Kier molecular flexibility index (Phi) is 8.76. The number of amides is 1. The molecule has 1 amide bonds. The number of hydrogen-bond acceptors (Lipinski definition) is 17. The number of carboxylic acids is 1. The summed E-state index contributed by atoms with van der Waals surface area (Å²) in [4.78, 5) is 48.6. The van der Waals surface area contributed by atoms with E-state index in [0.717, 1.165) is 121 Å². The molecule has 0 unspecified atom stereocenters. The molecular weight excluding hydrogens is 815 g/mol. The lowest BCUT2D eigenvalue weighted by atomic mass is 9.76. The van der Waals surface area contributed by atoms with Gasteiger partial charge in [-0.1, -0.05) is 8.98 Å². The molecule has 2 saturated heterocycles. The van der Waals surface area contributed by atoms with Gasteiger partial charge in [-0.25, -0.2) is 19.9 Å². The monoisotopic (exact) mass is 847 g/mol. The molecule has 2 fully saturated rings. The van der Waals surface area contributed by atoms with E-state index >= 15 is 0 Å². The topological polar surface area (TPSA) is 194 Å². The van der Waals surface area contributed by atoms with Crippen LogP contribution in [0.15, 0.2) is 49.1 Å². The van der Waals surface area contributed by atoms with Crippen LogP contribution in [0, 0.1) is 17.3 Å². The van der Waals surface area contributed by atoms with Gasteiger partial charge in [0.15, 0.2) is 0 Å². The van der Waals surface area contributed by atoms with Crippen molar-refractivity contribution in [3.8, 4) is 0 Å². The number of aromatic nitrogens is 8. The van der Waals surface area contributed by atoms with Gasteiger partial charge in [0.1, 0.15) is 45.0 Å². The Morgan fingerprint density at radius 3 is 1.79 bits per heavy atom. The van der Waals surface area contributed by atoms with Gasteiger partial charge in [0.2, 0.25) is 5.91 Å². The number of benzene rings is 2. The van der Waals surface area contributed by atoms with Crippen LogP contribution in [0.4, 0.5) is 23.0 Å². The van der Waals surface area contributed by atoms with Crippen LogP contribution >= 0.6 is 45.7 Å². The number of thiophene rings is 2. The summed E-state index contributed by atoms with van der Waals surface area (Å²) in [6, 6.07) is 11.9. The maximum atomic E-state index is 13.1. The van der Waals surface area contributed by atoms with Crippen LogP contribution in [-0.2, 0) is 40.0 Å². The van der Waals surface area contributed by atoms with E-state index in [2.05, 4.69) is 55.8 Å². The SMILES string of the molecule is O=C(O)[C@H]1CCc2c(sc3ncnc(Nc4ccc5nnsc5c4)c23)C1.O=C([C@H]1CCc2c(sc3ncnc(Nc4ccc5nnsc5c4)c23)C1)N1CC2(COC2)C1. The number of aliphatic carboxylic acids is 1. The Morgan fingerprint density at radius 2 is 1.28 bits per heavy atom. The molecule has 0 saturated carbocycles. The van der Waals surface area contributed by atoms with Crippen molar-refractivity contribution in [2.75, 3.05) is 36.9 Å². The Morgan fingerprint density at radius 1 is 0.741 bits per heavy atom. The van der Waals surface area contributed by atoms with Crippen molar-refractivity contribution < 1.29 is 19.4 Å². The molecule has 0 radical (unpaired) electrons. The van der Waals surface area contributed by atoms with Gasteiger partial charge in [0.05, 0.1) is 44.7 Å². The van der Waals surface area contributed by atoms with Crippen molar-refractivity contribution in [1.29, 1.82) is 0 Å². The lowest BCUT2D eigenvalue weighted by Gasteiger charge is -2.55. The number of fused-ring (bicyclic) bond motifs is 8. The number of nitrogens with zero attached hydrogens (tertiary/aromatic N) is 9. The number of carboxylic acid groups (broad SMARTS) is 1. The van der Waals surface area contributed by atoms with Gasteiger partial charge in [-0.15, -0.1) is 32.9 Å². The second-order valence-electron chi connectivity index (χ2n) is 15.4. The number of nitrogens with one attached hydrogen (secondary N) is 2. The zero-order valence-electron chi connectivity index (χ0n) is 30.7. The van der Waals surface area contributed by atoms with Crippen LogP contribution in [0.25, 0.3) is 40.9 Å². The summed E-state index contributed by atoms with van der Waals surface area (Å²) in [6.07, 6.45) is 7.69. The molecular formula is C39H33N11O4S4. The minimum Gasteiger partial charge on any atom is -0.481 e. The summed E-state index contributed by atoms with van der Waals surface area (Å²) in [7, 11) is 0. The molecule has 2 atom stereocenters. The van der Waals surface area contributed by atoms with E-state index in [1.54, 1.807) is 35.3 Å². The normalized spacial score (nSPS) is 19.3. The molecule has 2 aliphatic heterocycles. The average molecular weight is 848 g/mol. The Labute approximate surface area is 345 Å². The van der Waals surface area contributed by atoms with Crippen molar-refractivity contribution in [3.05, 3.63) is 69.9 Å². The molecule has 292 valence electrons. The van der Waals surface area contributed by atoms with E-state index in [-0.39, 0.29) is 17.3 Å². The van der Waals surface area contributed by atoms with Gasteiger partial charge in [-0.05, 0) is 109 Å². The molecule has 3 N–H and O–H groups in total. The Hall–Kier alpha value is -5.34. The predicted octanol–water partition coefficient (Wildman–Crippen LogP) is 7.03. The van der Waals surface area contributed by atoms with Gasteiger partial charge < -0.3 is 25.4 Å². The van der Waals surface area contributed by atoms with Gasteiger partial charge in [-0.2, -0.15) is 0 Å². The summed E-state index contributed by atoms with van der Waals surface area (Å²) in [6.45, 7) is 3.34. The summed E-state index contributed by atoms with van der Waals surface area (Å²) in [5, 5.41) is 26.4. The van der Waals surface area contributed by atoms with Crippen LogP contribution < -0.4 is 10.6 Å². The van der Waals surface area contributed by atoms with Crippen LogP contribution in [-0.4, -0.2) is 87.3 Å². The van der Waals surface area contributed by atoms with Crippen LogP contribution in [0.3, 0.4) is 0 Å². The molecule has 6 aromatic heterocycles. The largest absolute Gasteiger partial charge is 0.481 e. The van der Waals surface area contributed by atoms with Crippen molar-refractivity contribution in [1.82, 2.24) is 44.0 Å². The van der Waals surface area contributed by atoms with Crippen molar-refractivity contribution in [2.24, 2.45) is 17.3 Å². The Bertz CT molecular complexity index is 2910. The van der Waals surface area contributed by atoms with Gasteiger partial charge in [0.25, 0.3) is 0 Å². The summed E-state index contributed by atoms with van der Waals surface area (Å²) in [5.74, 6) is 0.938. The minimum absolute atomic E-state index is 0.0690. The van der Waals surface area contributed by atoms with Gasteiger partial charge in [-0.3, -0.25) is 9.59 Å². The molecule has 8 heterocycles. The molecule has 2 aromatic carbocycles. The van der Waals surface area contributed by atoms with E-state index in [1.807, 2.05) is 35.2 Å². The first kappa shape index (κ1) is 35.8. The van der Waals surface area contributed by atoms with E-state index in [9.17, 15) is 14.7 Å². The van der Waals surface area contributed by atoms with Gasteiger partial charge in [0, 0.05) is 40.1 Å². The zero-order chi connectivity index (χ0) is 39.0. The minimum atomic E-state index is -0.719. The third-order valence-electron chi connectivity index (χ3n) is 11.6. The molecule has 12 rings (SSSR count). The average Bonchev–Trinajstić information content (AvgIpc) is 4.01. The number of rotatable bonds is 6. The molecule has 2 aliphatic carbocycles. The smallest absolute Gasteiger partial charge is 0.306 e. The van der Waals surface area contributed by atoms with E-state index in [1.165, 1.54) is 39.1 Å². The van der Waals surface area contributed by atoms with Crippen LogP contribution in [0.1, 0.15) is 33.7 Å². The lowest BCUT2D eigenvalue weighted by Crippen LogP contribution is -2.68. The Balaban J connectivity index is 0.000000136. The highest BCUT2D eigenvalue weighted by Gasteiger charge is 2.51. The second kappa shape index (κ2) is 14.2. The maximum Gasteiger partial charge on any atom is 0.306 e.